The van der Waals surface area contributed by atoms with Crippen molar-refractivity contribution >= 4 is 0 Å². The van der Waals surface area contributed by atoms with Crippen LogP contribution >= 0.6 is 0 Å². The fourth-order valence-electron chi connectivity index (χ4n) is 1.69. The molecule has 0 aromatic heterocycles. The lowest BCUT2D eigenvalue weighted by molar-refractivity contribution is 0.230. The van der Waals surface area contributed by atoms with Crippen molar-refractivity contribution in [3.8, 4) is 0 Å². The van der Waals surface area contributed by atoms with E-state index in [4.69, 9.17) is 0 Å². The monoisotopic (exact) mass is 198 g/mol. The van der Waals surface area contributed by atoms with Gasteiger partial charge in [-0.3, -0.25) is 0 Å². The molecule has 0 aliphatic heterocycles. The molecule has 0 radical (unpaired) electrons. The first-order valence-corrected chi connectivity index (χ1v) is 5.57. The van der Waals surface area contributed by atoms with Crippen molar-refractivity contribution in [1.82, 2.24) is 0 Å². The molecule has 0 aliphatic rings. The average Bonchev–Trinajstić information content (AvgIpc) is 1.96. The molecule has 0 aromatic rings. The van der Waals surface area contributed by atoms with Gasteiger partial charge in [-0.1, -0.05) is 33.8 Å². The van der Waals surface area contributed by atoms with Crippen molar-refractivity contribution in [1.29, 1.82) is 0 Å². The quantitative estimate of drug-likeness (QED) is 0.682. The third-order valence-corrected chi connectivity index (χ3v) is 2.46. The zero-order valence-electron chi connectivity index (χ0n) is 10.6. The van der Waals surface area contributed by atoms with E-state index in [1.54, 1.807) is 0 Å². The highest BCUT2D eigenvalue weighted by molar-refractivity contribution is 5.03. The Labute approximate surface area is 89.2 Å². The van der Waals surface area contributed by atoms with E-state index < -0.39 is 0 Å². The first-order chi connectivity index (χ1) is 6.22. The molecule has 2 atom stereocenters. The summed E-state index contributed by atoms with van der Waals surface area (Å²) in [5.41, 5.74) is 1.50. The van der Waals surface area contributed by atoms with E-state index >= 15 is 0 Å². The molecule has 0 amide bonds. The van der Waals surface area contributed by atoms with Gasteiger partial charge in [-0.25, -0.2) is 0 Å². The van der Waals surface area contributed by atoms with Gasteiger partial charge in [0.05, 0.1) is 6.10 Å². The second-order valence-electron chi connectivity index (χ2n) is 5.73. The van der Waals surface area contributed by atoms with Crippen LogP contribution in [0.15, 0.2) is 11.6 Å². The summed E-state index contributed by atoms with van der Waals surface area (Å²) < 4.78 is 0. The molecular formula is C13H26O. The van der Waals surface area contributed by atoms with Gasteiger partial charge in [0.2, 0.25) is 0 Å². The maximum Gasteiger partial charge on any atom is 0.0719 e. The number of rotatable bonds is 4. The molecule has 1 N–H and O–H groups in total. The van der Waals surface area contributed by atoms with Crippen LogP contribution in [0.25, 0.3) is 0 Å². The highest BCUT2D eigenvalue weighted by Gasteiger charge is 2.14. The van der Waals surface area contributed by atoms with E-state index in [0.29, 0.717) is 11.3 Å². The molecule has 0 fully saturated rings. The summed E-state index contributed by atoms with van der Waals surface area (Å²) in [7, 11) is 0. The van der Waals surface area contributed by atoms with Crippen molar-refractivity contribution in [3.05, 3.63) is 11.6 Å². The van der Waals surface area contributed by atoms with Gasteiger partial charge in [0, 0.05) is 0 Å². The van der Waals surface area contributed by atoms with Crippen LogP contribution in [0.3, 0.4) is 0 Å². The van der Waals surface area contributed by atoms with Crippen LogP contribution in [0, 0.1) is 11.3 Å². The largest absolute Gasteiger partial charge is 0.389 e. The van der Waals surface area contributed by atoms with Crippen LogP contribution in [0.4, 0.5) is 0 Å². The molecule has 2 unspecified atom stereocenters. The normalized spacial score (nSPS) is 18.1. The van der Waals surface area contributed by atoms with Gasteiger partial charge in [0.25, 0.3) is 0 Å². The topological polar surface area (TPSA) is 20.2 Å². The van der Waals surface area contributed by atoms with Crippen molar-refractivity contribution < 1.29 is 5.11 Å². The minimum absolute atomic E-state index is 0.295. The number of hydrogen-bond acceptors (Lipinski definition) is 1. The standard InChI is InChI=1S/C13H26O/c1-10(9-13(4,5)6)7-8-11(2)12(3)14/h8,10,12,14H,7,9H2,1-6H3. The van der Waals surface area contributed by atoms with Gasteiger partial charge < -0.3 is 5.11 Å². The summed E-state index contributed by atoms with van der Waals surface area (Å²) in [6.07, 6.45) is 4.18. The van der Waals surface area contributed by atoms with E-state index in [2.05, 4.69) is 33.8 Å². The lowest BCUT2D eigenvalue weighted by Gasteiger charge is -2.22. The van der Waals surface area contributed by atoms with Crippen molar-refractivity contribution in [3.63, 3.8) is 0 Å². The Hall–Kier alpha value is -0.300. The molecule has 0 rings (SSSR count). The average molecular weight is 198 g/mol. The molecule has 0 heterocycles. The number of aliphatic hydroxyl groups excluding tert-OH is 1. The second-order valence-corrected chi connectivity index (χ2v) is 5.73. The molecule has 14 heavy (non-hydrogen) atoms. The number of hydrogen-bond donors (Lipinski definition) is 1. The van der Waals surface area contributed by atoms with E-state index in [1.165, 1.54) is 6.42 Å². The fraction of sp³-hybridized carbons (Fsp3) is 0.846. The third-order valence-electron chi connectivity index (χ3n) is 2.46. The number of allylic oxidation sites excluding steroid dienone is 1. The maximum absolute atomic E-state index is 9.30. The lowest BCUT2D eigenvalue weighted by Crippen LogP contribution is -2.11. The zero-order valence-corrected chi connectivity index (χ0v) is 10.6. The van der Waals surface area contributed by atoms with Crippen LogP contribution in [0.2, 0.25) is 0 Å². The summed E-state index contributed by atoms with van der Waals surface area (Å²) in [5.74, 6) is 0.698. The summed E-state index contributed by atoms with van der Waals surface area (Å²) in [6, 6.07) is 0. The maximum atomic E-state index is 9.30. The van der Waals surface area contributed by atoms with Crippen LogP contribution in [0.1, 0.15) is 54.4 Å². The molecule has 0 spiro atoms. The van der Waals surface area contributed by atoms with Gasteiger partial charge in [0.15, 0.2) is 0 Å². The van der Waals surface area contributed by atoms with Crippen LogP contribution in [-0.4, -0.2) is 11.2 Å². The van der Waals surface area contributed by atoms with Gasteiger partial charge in [-0.15, -0.1) is 0 Å². The van der Waals surface area contributed by atoms with Gasteiger partial charge in [-0.05, 0) is 43.6 Å². The smallest absolute Gasteiger partial charge is 0.0719 e. The fourth-order valence-corrected chi connectivity index (χ4v) is 1.69. The Bertz CT molecular complexity index is 184. The highest BCUT2D eigenvalue weighted by Crippen LogP contribution is 2.26. The molecule has 0 saturated heterocycles. The predicted molar refractivity (Wildman–Crippen MR) is 63.3 cm³/mol. The Balaban J connectivity index is 3.96. The summed E-state index contributed by atoms with van der Waals surface area (Å²) in [5, 5.41) is 9.30. The van der Waals surface area contributed by atoms with E-state index in [0.717, 1.165) is 12.0 Å². The molecule has 1 nitrogen and oxygen atoms in total. The van der Waals surface area contributed by atoms with Crippen molar-refractivity contribution in [2.75, 3.05) is 0 Å². The van der Waals surface area contributed by atoms with Gasteiger partial charge in [-0.2, -0.15) is 0 Å². The molecule has 0 aromatic carbocycles. The summed E-state index contributed by atoms with van der Waals surface area (Å²) in [6.45, 7) is 12.9. The van der Waals surface area contributed by atoms with Gasteiger partial charge >= 0.3 is 0 Å². The molecule has 84 valence electrons. The minimum Gasteiger partial charge on any atom is -0.389 e. The van der Waals surface area contributed by atoms with Gasteiger partial charge in [0.1, 0.15) is 0 Å². The molecular weight excluding hydrogens is 172 g/mol. The van der Waals surface area contributed by atoms with Crippen LogP contribution in [0.5, 0.6) is 0 Å². The zero-order chi connectivity index (χ0) is 11.4. The van der Waals surface area contributed by atoms with Crippen LogP contribution in [-0.2, 0) is 0 Å². The SMILES string of the molecule is CC(=CCC(C)CC(C)(C)C)C(C)O. The molecule has 1 heteroatoms. The second kappa shape index (κ2) is 5.55. The van der Waals surface area contributed by atoms with E-state index in [-0.39, 0.29) is 6.10 Å². The number of aliphatic hydroxyl groups is 1. The lowest BCUT2D eigenvalue weighted by atomic mass is 9.84. The van der Waals surface area contributed by atoms with E-state index in [9.17, 15) is 5.11 Å². The minimum atomic E-state index is -0.295. The molecule has 0 bridgehead atoms. The Morgan fingerprint density at radius 3 is 2.14 bits per heavy atom. The predicted octanol–water partition coefficient (Wildman–Crippen LogP) is 3.78. The Morgan fingerprint density at radius 1 is 1.29 bits per heavy atom. The Morgan fingerprint density at radius 2 is 1.79 bits per heavy atom. The molecule has 0 saturated carbocycles. The Kier molecular flexibility index (Phi) is 5.43. The molecule has 0 aliphatic carbocycles. The first kappa shape index (κ1) is 13.7. The first-order valence-electron chi connectivity index (χ1n) is 5.57. The summed E-state index contributed by atoms with van der Waals surface area (Å²) >= 11 is 0. The van der Waals surface area contributed by atoms with Crippen molar-refractivity contribution in [2.45, 2.75) is 60.5 Å². The third kappa shape index (κ3) is 7.14. The van der Waals surface area contributed by atoms with Crippen LogP contribution < -0.4 is 0 Å². The van der Waals surface area contributed by atoms with Crippen molar-refractivity contribution in [2.24, 2.45) is 11.3 Å². The summed E-state index contributed by atoms with van der Waals surface area (Å²) in [4.78, 5) is 0. The van der Waals surface area contributed by atoms with E-state index in [1.807, 2.05) is 13.8 Å². The highest BCUT2D eigenvalue weighted by atomic mass is 16.3.